The lowest BCUT2D eigenvalue weighted by molar-refractivity contribution is 0.0468. The largest absolute Gasteiger partial charge is 0.453 e. The molecule has 0 unspecified atom stereocenters. The van der Waals surface area contributed by atoms with Gasteiger partial charge in [0.05, 0.1) is 0 Å². The third-order valence-corrected chi connectivity index (χ3v) is 4.55. The van der Waals surface area contributed by atoms with Gasteiger partial charge in [-0.25, -0.2) is 9.78 Å². The molecule has 0 atom stereocenters. The second-order valence-electron chi connectivity index (χ2n) is 6.39. The number of rotatable bonds is 7. The van der Waals surface area contributed by atoms with E-state index in [1.165, 1.54) is 11.8 Å². The van der Waals surface area contributed by atoms with Crippen molar-refractivity contribution in [1.29, 1.82) is 0 Å². The second-order valence-corrected chi connectivity index (χ2v) is 6.39. The minimum absolute atomic E-state index is 0.193. The molecule has 2 heterocycles. The smallest absolute Gasteiger partial charge is 0.357 e. The zero-order valence-electron chi connectivity index (χ0n) is 15.5. The van der Waals surface area contributed by atoms with Gasteiger partial charge in [-0.15, -0.1) is 0 Å². The third-order valence-electron chi connectivity index (χ3n) is 4.55. The zero-order chi connectivity index (χ0) is 19.2. The van der Waals surface area contributed by atoms with Gasteiger partial charge in [0.2, 0.25) is 5.78 Å². The molecule has 5 nitrogen and oxygen atoms in total. The van der Waals surface area contributed by atoms with Crippen LogP contribution in [0.15, 0.2) is 60.8 Å². The first-order valence-corrected chi connectivity index (χ1v) is 8.88. The molecule has 0 amide bonds. The van der Waals surface area contributed by atoms with Crippen LogP contribution in [0.1, 0.15) is 37.8 Å². The highest BCUT2D eigenvalue weighted by atomic mass is 16.5. The highest BCUT2D eigenvalue weighted by Crippen LogP contribution is 2.17. The van der Waals surface area contributed by atoms with Crippen LogP contribution in [0.4, 0.5) is 0 Å². The maximum atomic E-state index is 12.5. The Labute approximate surface area is 158 Å². The van der Waals surface area contributed by atoms with E-state index in [2.05, 4.69) is 21.7 Å². The lowest BCUT2D eigenvalue weighted by atomic mass is 10.1. The molecule has 2 aromatic heterocycles. The summed E-state index contributed by atoms with van der Waals surface area (Å²) < 4.78 is 7.24. The van der Waals surface area contributed by atoms with E-state index in [1.54, 1.807) is 18.2 Å². The first kappa shape index (κ1) is 18.6. The van der Waals surface area contributed by atoms with Gasteiger partial charge in [0.25, 0.3) is 0 Å². The average molecular weight is 362 g/mol. The third kappa shape index (κ3) is 4.50. The molecular weight excluding hydrogens is 340 g/mol. The van der Waals surface area contributed by atoms with E-state index in [0.29, 0.717) is 5.56 Å². The molecule has 27 heavy (non-hydrogen) atoms. The molecule has 0 radical (unpaired) electrons. The first-order chi connectivity index (χ1) is 13.1. The van der Waals surface area contributed by atoms with Gasteiger partial charge in [0, 0.05) is 29.7 Å². The number of benzene rings is 1. The van der Waals surface area contributed by atoms with Crippen molar-refractivity contribution in [3.05, 3.63) is 89.0 Å². The number of pyridine rings is 1. The van der Waals surface area contributed by atoms with Crippen LogP contribution in [0, 0.1) is 13.8 Å². The maximum absolute atomic E-state index is 12.5. The Balaban J connectivity index is 1.64. The number of nitrogens with zero attached hydrogens (tertiary/aromatic N) is 2. The Kier molecular flexibility index (Phi) is 5.81. The fourth-order valence-electron chi connectivity index (χ4n) is 3.08. The number of aryl methyl sites for hydroxylation is 2. The summed E-state index contributed by atoms with van der Waals surface area (Å²) in [5.41, 5.74) is 3.94. The molecule has 0 spiro atoms. The zero-order valence-corrected chi connectivity index (χ0v) is 15.5. The molecule has 1 aromatic carbocycles. The van der Waals surface area contributed by atoms with E-state index in [0.717, 1.165) is 24.4 Å². The van der Waals surface area contributed by atoms with Crippen LogP contribution >= 0.6 is 0 Å². The summed E-state index contributed by atoms with van der Waals surface area (Å²) in [5.74, 6) is -0.805. The molecule has 0 bridgehead atoms. The molecular formula is C22H22N2O3. The molecule has 0 N–H and O–H groups in total. The summed E-state index contributed by atoms with van der Waals surface area (Å²) in [6.45, 7) is 4.40. The monoisotopic (exact) mass is 362 g/mol. The van der Waals surface area contributed by atoms with Gasteiger partial charge >= 0.3 is 5.97 Å². The average Bonchev–Trinajstić information content (AvgIpc) is 2.99. The fraction of sp³-hybridized carbons (Fsp3) is 0.227. The van der Waals surface area contributed by atoms with Crippen molar-refractivity contribution in [3.63, 3.8) is 0 Å². The van der Waals surface area contributed by atoms with Gasteiger partial charge in [-0.05, 0) is 44.0 Å². The highest BCUT2D eigenvalue weighted by Gasteiger charge is 2.18. The first-order valence-electron chi connectivity index (χ1n) is 8.88. The van der Waals surface area contributed by atoms with E-state index in [1.807, 2.05) is 38.1 Å². The molecule has 0 saturated carbocycles. The van der Waals surface area contributed by atoms with Gasteiger partial charge in [0.1, 0.15) is 5.69 Å². The maximum Gasteiger partial charge on any atom is 0.357 e. The van der Waals surface area contributed by atoms with Crippen molar-refractivity contribution >= 4 is 11.8 Å². The van der Waals surface area contributed by atoms with Crippen LogP contribution in [0.2, 0.25) is 0 Å². The normalized spacial score (nSPS) is 10.6. The Bertz CT molecular complexity index is 931. The van der Waals surface area contributed by atoms with Crippen LogP contribution in [-0.2, 0) is 17.7 Å². The summed E-state index contributed by atoms with van der Waals surface area (Å²) in [4.78, 5) is 28.4. The molecule has 0 saturated heterocycles. The van der Waals surface area contributed by atoms with Crippen molar-refractivity contribution in [2.24, 2.45) is 0 Å². The SMILES string of the molecule is Cc1cc(C(=O)COC(=O)c2ccccn2)c(C)n1CCc1ccccc1. The molecule has 0 fully saturated rings. The van der Waals surface area contributed by atoms with Gasteiger partial charge in [-0.3, -0.25) is 4.79 Å². The summed E-state index contributed by atoms with van der Waals surface area (Å²) in [5, 5.41) is 0. The number of Topliss-reactive ketones (excluding diaryl/α,β-unsaturated/α-hetero) is 1. The van der Waals surface area contributed by atoms with E-state index in [4.69, 9.17) is 4.74 Å². The number of ether oxygens (including phenoxy) is 1. The number of carbonyl (C=O) groups excluding carboxylic acids is 2. The number of aromatic nitrogens is 2. The number of ketones is 1. The van der Waals surface area contributed by atoms with E-state index < -0.39 is 5.97 Å². The molecule has 138 valence electrons. The van der Waals surface area contributed by atoms with Crippen LogP contribution in [0.25, 0.3) is 0 Å². The lowest BCUT2D eigenvalue weighted by Gasteiger charge is -2.10. The van der Waals surface area contributed by atoms with Gasteiger partial charge in [0.15, 0.2) is 6.61 Å². The summed E-state index contributed by atoms with van der Waals surface area (Å²) in [6.07, 6.45) is 2.40. The topological polar surface area (TPSA) is 61.2 Å². The van der Waals surface area contributed by atoms with Crippen LogP contribution < -0.4 is 0 Å². The minimum atomic E-state index is -0.596. The Hall–Kier alpha value is -3.21. The van der Waals surface area contributed by atoms with E-state index in [-0.39, 0.29) is 18.1 Å². The summed E-state index contributed by atoms with van der Waals surface area (Å²) >= 11 is 0. The van der Waals surface area contributed by atoms with Gasteiger partial charge in [-0.2, -0.15) is 0 Å². The molecule has 3 aromatic rings. The van der Waals surface area contributed by atoms with Crippen LogP contribution in [0.5, 0.6) is 0 Å². The van der Waals surface area contributed by atoms with Crippen molar-refractivity contribution in [1.82, 2.24) is 9.55 Å². The number of esters is 1. The number of carbonyl (C=O) groups is 2. The number of hydrogen-bond donors (Lipinski definition) is 0. The van der Waals surface area contributed by atoms with Crippen LogP contribution in [0.3, 0.4) is 0 Å². The van der Waals surface area contributed by atoms with Crippen molar-refractivity contribution < 1.29 is 14.3 Å². The Morgan fingerprint density at radius 2 is 1.78 bits per heavy atom. The van der Waals surface area contributed by atoms with Gasteiger partial charge < -0.3 is 9.30 Å². The predicted octanol–water partition coefficient (Wildman–Crippen LogP) is 3.78. The molecule has 0 aliphatic heterocycles. The number of hydrogen-bond acceptors (Lipinski definition) is 4. The van der Waals surface area contributed by atoms with Gasteiger partial charge in [-0.1, -0.05) is 36.4 Å². The summed E-state index contributed by atoms with van der Waals surface area (Å²) in [6, 6.07) is 17.1. The van der Waals surface area contributed by atoms with Crippen molar-refractivity contribution in [2.45, 2.75) is 26.8 Å². The highest BCUT2D eigenvalue weighted by molar-refractivity contribution is 6.00. The Morgan fingerprint density at radius 1 is 1.04 bits per heavy atom. The van der Waals surface area contributed by atoms with Crippen LogP contribution in [-0.4, -0.2) is 27.9 Å². The minimum Gasteiger partial charge on any atom is -0.453 e. The van der Waals surface area contributed by atoms with E-state index in [9.17, 15) is 9.59 Å². The molecule has 5 heteroatoms. The fourth-order valence-corrected chi connectivity index (χ4v) is 3.08. The Morgan fingerprint density at radius 3 is 2.48 bits per heavy atom. The quantitative estimate of drug-likeness (QED) is 0.474. The van der Waals surface area contributed by atoms with E-state index >= 15 is 0 Å². The summed E-state index contributed by atoms with van der Waals surface area (Å²) in [7, 11) is 0. The molecule has 3 rings (SSSR count). The lowest BCUT2D eigenvalue weighted by Crippen LogP contribution is -2.16. The molecule has 0 aliphatic rings. The molecule has 0 aliphatic carbocycles. The van der Waals surface area contributed by atoms with Crippen molar-refractivity contribution in [3.8, 4) is 0 Å². The standard InChI is InChI=1S/C22H22N2O3/c1-16-14-19(17(2)24(16)13-11-18-8-4-3-5-9-18)21(25)15-27-22(26)20-10-6-7-12-23-20/h3-10,12,14H,11,13,15H2,1-2H3. The predicted molar refractivity (Wildman–Crippen MR) is 103 cm³/mol. The van der Waals surface area contributed by atoms with Crippen molar-refractivity contribution in [2.75, 3.05) is 6.61 Å². The second kappa shape index (κ2) is 8.45.